The van der Waals surface area contributed by atoms with E-state index in [0.29, 0.717) is 0 Å². The predicted molar refractivity (Wildman–Crippen MR) is 63.3 cm³/mol. The molecule has 1 N–H and O–H groups in total. The maximum atomic E-state index is 8.50. The fourth-order valence-electron chi connectivity index (χ4n) is 1.06. The number of allylic oxidation sites excluding steroid dienone is 5. The lowest BCUT2D eigenvalue weighted by Gasteiger charge is -1.89. The van der Waals surface area contributed by atoms with Gasteiger partial charge in [0.1, 0.15) is 0 Å². The summed E-state index contributed by atoms with van der Waals surface area (Å²) in [7, 11) is 0. The molecule has 0 aliphatic heterocycles. The van der Waals surface area contributed by atoms with Gasteiger partial charge in [-0.3, -0.25) is 0 Å². The fourth-order valence-corrected chi connectivity index (χ4v) is 1.06. The minimum atomic E-state index is 0.233. The topological polar surface area (TPSA) is 20.2 Å². The Labute approximate surface area is 87.8 Å². The first kappa shape index (κ1) is 13.2. The van der Waals surface area contributed by atoms with Crippen molar-refractivity contribution < 1.29 is 5.11 Å². The maximum absolute atomic E-state index is 8.50. The first-order valence-corrected chi connectivity index (χ1v) is 5.51. The van der Waals surface area contributed by atoms with E-state index in [2.05, 4.69) is 19.1 Å². The Balaban J connectivity index is 3.31. The molecule has 0 fully saturated rings. The van der Waals surface area contributed by atoms with Crippen molar-refractivity contribution in [1.29, 1.82) is 0 Å². The van der Waals surface area contributed by atoms with Crippen molar-refractivity contribution in [3.8, 4) is 0 Å². The second kappa shape index (κ2) is 12.2. The minimum absolute atomic E-state index is 0.233. The van der Waals surface area contributed by atoms with Gasteiger partial charge < -0.3 is 5.11 Å². The zero-order chi connectivity index (χ0) is 10.5. The lowest BCUT2D eigenvalue weighted by atomic mass is 10.2. The van der Waals surface area contributed by atoms with E-state index >= 15 is 0 Å². The van der Waals surface area contributed by atoms with Crippen LogP contribution in [0.1, 0.15) is 39.0 Å². The predicted octanol–water partition coefficient (Wildman–Crippen LogP) is 3.62. The summed E-state index contributed by atoms with van der Waals surface area (Å²) in [5, 5.41) is 8.50. The minimum Gasteiger partial charge on any atom is -0.396 e. The Morgan fingerprint density at radius 2 is 1.50 bits per heavy atom. The molecule has 0 bridgehead atoms. The van der Waals surface area contributed by atoms with Crippen LogP contribution < -0.4 is 0 Å². The molecule has 0 aromatic rings. The molecule has 80 valence electrons. The quantitative estimate of drug-likeness (QED) is 0.462. The molecule has 0 unspecified atom stereocenters. The molecule has 0 radical (unpaired) electrons. The van der Waals surface area contributed by atoms with E-state index in [-0.39, 0.29) is 6.61 Å². The molecule has 0 rings (SSSR count). The third-order valence-corrected chi connectivity index (χ3v) is 1.88. The van der Waals surface area contributed by atoms with Gasteiger partial charge in [0.2, 0.25) is 0 Å². The largest absolute Gasteiger partial charge is 0.396 e. The molecule has 0 saturated carbocycles. The van der Waals surface area contributed by atoms with Gasteiger partial charge in [0, 0.05) is 6.61 Å². The molecule has 0 aliphatic rings. The Bertz CT molecular complexity index is 178. The molecule has 0 spiro atoms. The van der Waals surface area contributed by atoms with Crippen LogP contribution in [0, 0.1) is 0 Å². The third kappa shape index (κ3) is 11.2. The van der Waals surface area contributed by atoms with Crippen LogP contribution in [0.25, 0.3) is 0 Å². The standard InChI is InChI=1S/C13H22O/c1-2-3-4-5-6-7-8-9-10-11-12-13-14/h6-11,14H,2-5,12-13H2,1H3/b7-6+,9-8+,11-10+. The molecular weight excluding hydrogens is 172 g/mol. The summed E-state index contributed by atoms with van der Waals surface area (Å²) >= 11 is 0. The van der Waals surface area contributed by atoms with E-state index in [9.17, 15) is 0 Å². The van der Waals surface area contributed by atoms with Crippen LogP contribution in [0.3, 0.4) is 0 Å². The van der Waals surface area contributed by atoms with Gasteiger partial charge in [0.05, 0.1) is 0 Å². The molecule has 0 aromatic carbocycles. The van der Waals surface area contributed by atoms with Crippen molar-refractivity contribution in [2.24, 2.45) is 0 Å². The van der Waals surface area contributed by atoms with Gasteiger partial charge >= 0.3 is 0 Å². The van der Waals surface area contributed by atoms with E-state index in [4.69, 9.17) is 5.11 Å². The van der Waals surface area contributed by atoms with E-state index in [1.165, 1.54) is 25.7 Å². The normalized spacial score (nSPS) is 12.4. The SMILES string of the molecule is CCCCC/C=C/C=C/C=C/CCO. The van der Waals surface area contributed by atoms with Crippen molar-refractivity contribution in [3.05, 3.63) is 36.5 Å². The van der Waals surface area contributed by atoms with Crippen molar-refractivity contribution in [3.63, 3.8) is 0 Å². The molecule has 0 saturated heterocycles. The Hall–Kier alpha value is -0.820. The first-order chi connectivity index (χ1) is 6.91. The molecule has 0 heterocycles. The fraction of sp³-hybridized carbons (Fsp3) is 0.538. The van der Waals surface area contributed by atoms with Gasteiger partial charge in [-0.1, -0.05) is 56.2 Å². The molecule has 14 heavy (non-hydrogen) atoms. The molecule has 0 aromatic heterocycles. The van der Waals surface area contributed by atoms with Crippen LogP contribution >= 0.6 is 0 Å². The second-order valence-electron chi connectivity index (χ2n) is 3.25. The van der Waals surface area contributed by atoms with Crippen LogP contribution in [-0.2, 0) is 0 Å². The van der Waals surface area contributed by atoms with E-state index < -0.39 is 0 Å². The highest BCUT2D eigenvalue weighted by Gasteiger charge is 1.79. The number of rotatable bonds is 8. The first-order valence-electron chi connectivity index (χ1n) is 5.51. The zero-order valence-electron chi connectivity index (χ0n) is 9.15. The van der Waals surface area contributed by atoms with Crippen LogP contribution in [0.4, 0.5) is 0 Å². The molecular formula is C13H22O. The van der Waals surface area contributed by atoms with Crippen LogP contribution in [0.5, 0.6) is 0 Å². The zero-order valence-corrected chi connectivity index (χ0v) is 9.15. The second-order valence-corrected chi connectivity index (χ2v) is 3.25. The highest BCUT2D eigenvalue weighted by atomic mass is 16.2. The van der Waals surface area contributed by atoms with E-state index in [1.54, 1.807) is 0 Å². The Morgan fingerprint density at radius 1 is 0.857 bits per heavy atom. The van der Waals surface area contributed by atoms with Crippen LogP contribution in [0.2, 0.25) is 0 Å². The van der Waals surface area contributed by atoms with Crippen molar-refractivity contribution in [2.75, 3.05) is 6.61 Å². The summed E-state index contributed by atoms with van der Waals surface area (Å²) in [6.07, 6.45) is 18.0. The van der Waals surface area contributed by atoms with Crippen molar-refractivity contribution in [2.45, 2.75) is 39.0 Å². The molecule has 1 heteroatoms. The number of unbranched alkanes of at least 4 members (excludes halogenated alkanes) is 3. The van der Waals surface area contributed by atoms with Crippen LogP contribution in [-0.4, -0.2) is 11.7 Å². The third-order valence-electron chi connectivity index (χ3n) is 1.88. The highest BCUT2D eigenvalue weighted by Crippen LogP contribution is 1.99. The average Bonchev–Trinajstić information content (AvgIpc) is 2.21. The molecule has 0 amide bonds. The van der Waals surface area contributed by atoms with Gasteiger partial charge in [-0.25, -0.2) is 0 Å². The van der Waals surface area contributed by atoms with E-state index in [1.807, 2.05) is 24.3 Å². The number of aliphatic hydroxyl groups is 1. The molecule has 0 atom stereocenters. The maximum Gasteiger partial charge on any atom is 0.0465 e. The summed E-state index contributed by atoms with van der Waals surface area (Å²) in [5.74, 6) is 0. The van der Waals surface area contributed by atoms with Gasteiger partial charge in [0.25, 0.3) is 0 Å². The van der Waals surface area contributed by atoms with Gasteiger partial charge in [0.15, 0.2) is 0 Å². The summed E-state index contributed by atoms with van der Waals surface area (Å²) < 4.78 is 0. The highest BCUT2D eigenvalue weighted by molar-refractivity contribution is 5.10. The Morgan fingerprint density at radius 3 is 2.07 bits per heavy atom. The summed E-state index contributed by atoms with van der Waals surface area (Å²) in [4.78, 5) is 0. The average molecular weight is 194 g/mol. The van der Waals surface area contributed by atoms with Crippen molar-refractivity contribution in [1.82, 2.24) is 0 Å². The Kier molecular flexibility index (Phi) is 11.5. The summed E-state index contributed by atoms with van der Waals surface area (Å²) in [6, 6.07) is 0. The summed E-state index contributed by atoms with van der Waals surface area (Å²) in [6.45, 7) is 2.45. The number of hydrogen-bond donors (Lipinski definition) is 1. The lowest BCUT2D eigenvalue weighted by Crippen LogP contribution is -1.73. The smallest absolute Gasteiger partial charge is 0.0465 e. The van der Waals surface area contributed by atoms with Gasteiger partial charge in [-0.15, -0.1) is 0 Å². The molecule has 1 nitrogen and oxygen atoms in total. The number of aliphatic hydroxyl groups excluding tert-OH is 1. The van der Waals surface area contributed by atoms with Crippen molar-refractivity contribution >= 4 is 0 Å². The van der Waals surface area contributed by atoms with E-state index in [0.717, 1.165) is 6.42 Å². The van der Waals surface area contributed by atoms with Gasteiger partial charge in [-0.2, -0.15) is 0 Å². The van der Waals surface area contributed by atoms with Crippen LogP contribution in [0.15, 0.2) is 36.5 Å². The number of hydrogen-bond acceptors (Lipinski definition) is 1. The summed E-state index contributed by atoms with van der Waals surface area (Å²) in [5.41, 5.74) is 0. The van der Waals surface area contributed by atoms with Gasteiger partial charge in [-0.05, 0) is 19.3 Å². The molecule has 0 aliphatic carbocycles. The lowest BCUT2D eigenvalue weighted by molar-refractivity contribution is 0.302. The monoisotopic (exact) mass is 194 g/mol.